The lowest BCUT2D eigenvalue weighted by Crippen LogP contribution is -2.42. The number of anilines is 1. The molecule has 1 atom stereocenters. The Kier molecular flexibility index (Phi) is 8.82. The molecule has 0 saturated heterocycles. The van der Waals surface area contributed by atoms with Gasteiger partial charge in [-0.15, -0.1) is 18.3 Å². The molecule has 0 aliphatic heterocycles. The first-order valence-corrected chi connectivity index (χ1v) is 7.10. The van der Waals surface area contributed by atoms with E-state index in [0.717, 1.165) is 0 Å². The van der Waals surface area contributed by atoms with E-state index in [9.17, 15) is 9.59 Å². The van der Waals surface area contributed by atoms with Crippen molar-refractivity contribution in [1.29, 1.82) is 0 Å². The third-order valence-electron chi connectivity index (χ3n) is 3.05. The Bertz CT molecular complexity index is 618. The summed E-state index contributed by atoms with van der Waals surface area (Å²) in [5.74, 6) is 5.01. The number of methoxy groups -OCH3 is 1. The minimum Gasteiger partial charge on any atom is -0.467 e. The van der Waals surface area contributed by atoms with Gasteiger partial charge >= 0.3 is 5.97 Å². The van der Waals surface area contributed by atoms with E-state index in [0.29, 0.717) is 23.2 Å². The third-order valence-corrected chi connectivity index (χ3v) is 3.05. The Balaban J connectivity index is 0.00000484. The molecule has 1 aromatic rings. The summed E-state index contributed by atoms with van der Waals surface area (Å²) in [6, 6.07) is 4.19. The second-order valence-corrected chi connectivity index (χ2v) is 5.36. The lowest BCUT2D eigenvalue weighted by molar-refractivity contribution is -0.143. The fourth-order valence-corrected chi connectivity index (χ4v) is 2.06. The average Bonchev–Trinajstić information content (AvgIpc) is 2.45. The monoisotopic (exact) mass is 338 g/mol. The Hall–Kier alpha value is -2.19. The molecule has 0 bridgehead atoms. The van der Waals surface area contributed by atoms with Crippen LogP contribution in [0.1, 0.15) is 43.1 Å². The quantitative estimate of drug-likeness (QED) is 0.490. The average molecular weight is 339 g/mol. The molecule has 0 aliphatic rings. The molecular weight excluding hydrogens is 316 g/mol. The molecule has 0 aliphatic carbocycles. The lowest BCUT2D eigenvalue weighted by Gasteiger charge is -2.18. The van der Waals surface area contributed by atoms with Crippen LogP contribution in [0, 0.1) is 17.8 Å². The second-order valence-electron chi connectivity index (χ2n) is 5.36. The number of nitrogens with two attached hydrogens (primary N) is 1. The van der Waals surface area contributed by atoms with Crippen molar-refractivity contribution in [1.82, 2.24) is 5.32 Å². The van der Waals surface area contributed by atoms with Crippen molar-refractivity contribution in [3.05, 3.63) is 29.3 Å². The van der Waals surface area contributed by atoms with E-state index < -0.39 is 12.0 Å². The summed E-state index contributed by atoms with van der Waals surface area (Å²) in [5.41, 5.74) is 7.18. The fourth-order valence-electron chi connectivity index (χ4n) is 2.06. The van der Waals surface area contributed by atoms with E-state index in [2.05, 4.69) is 17.2 Å². The van der Waals surface area contributed by atoms with E-state index in [1.807, 2.05) is 13.8 Å². The zero-order valence-electron chi connectivity index (χ0n) is 13.8. The molecule has 3 N–H and O–H groups in total. The van der Waals surface area contributed by atoms with E-state index in [1.165, 1.54) is 7.11 Å². The van der Waals surface area contributed by atoms with Gasteiger partial charge in [0, 0.05) is 11.3 Å². The largest absolute Gasteiger partial charge is 0.467 e. The normalized spacial score (nSPS) is 10.8. The predicted octanol–water partition coefficient (Wildman–Crippen LogP) is 2.38. The molecular formula is C17H23ClN2O3. The minimum absolute atomic E-state index is 0. The predicted molar refractivity (Wildman–Crippen MR) is 93.4 cm³/mol. The standard InChI is InChI=1S/C17H22N2O3.ClH/c1-5-6-12-10-13(18)7-8-14(12)16(20)19-15(9-11(2)3)17(21)22-4;/h7-8,10-11,15H,9,18H2,1-4H3,(H,19,20);1H. The summed E-state index contributed by atoms with van der Waals surface area (Å²) in [6.45, 7) is 5.62. The molecule has 126 valence electrons. The zero-order valence-corrected chi connectivity index (χ0v) is 14.6. The first kappa shape index (κ1) is 20.8. The fraction of sp³-hybridized carbons (Fsp3) is 0.412. The maximum atomic E-state index is 12.4. The van der Waals surface area contributed by atoms with Gasteiger partial charge in [-0.3, -0.25) is 4.79 Å². The maximum Gasteiger partial charge on any atom is 0.328 e. The van der Waals surface area contributed by atoms with Crippen molar-refractivity contribution in [3.63, 3.8) is 0 Å². The van der Waals surface area contributed by atoms with Gasteiger partial charge in [-0.2, -0.15) is 0 Å². The first-order chi connectivity index (χ1) is 10.4. The lowest BCUT2D eigenvalue weighted by atomic mass is 10.0. The number of carbonyl (C=O) groups excluding carboxylic acids is 2. The third kappa shape index (κ3) is 6.21. The number of amides is 1. The van der Waals surface area contributed by atoms with Crippen molar-refractivity contribution in [2.45, 2.75) is 33.2 Å². The number of nitrogens with one attached hydrogen (secondary N) is 1. The smallest absolute Gasteiger partial charge is 0.328 e. The maximum absolute atomic E-state index is 12.4. The molecule has 0 radical (unpaired) electrons. The van der Waals surface area contributed by atoms with E-state index >= 15 is 0 Å². The van der Waals surface area contributed by atoms with Gasteiger partial charge < -0.3 is 15.8 Å². The van der Waals surface area contributed by atoms with Gasteiger partial charge in [0.15, 0.2) is 0 Å². The van der Waals surface area contributed by atoms with Crippen molar-refractivity contribution >= 4 is 30.0 Å². The van der Waals surface area contributed by atoms with Crippen molar-refractivity contribution in [2.24, 2.45) is 5.92 Å². The van der Waals surface area contributed by atoms with E-state index in [4.69, 9.17) is 10.5 Å². The molecule has 0 heterocycles. The van der Waals surface area contributed by atoms with Crippen LogP contribution in [-0.2, 0) is 9.53 Å². The number of hydrogen-bond donors (Lipinski definition) is 2. The highest BCUT2D eigenvalue weighted by Crippen LogP contribution is 2.14. The minimum atomic E-state index is -0.683. The molecule has 0 saturated carbocycles. The summed E-state index contributed by atoms with van der Waals surface area (Å²) < 4.78 is 4.75. The molecule has 1 amide bonds. The summed E-state index contributed by atoms with van der Waals surface area (Å²) in [5, 5.41) is 2.71. The van der Waals surface area contributed by atoms with Crippen LogP contribution < -0.4 is 11.1 Å². The van der Waals surface area contributed by atoms with Crippen LogP contribution >= 0.6 is 12.4 Å². The molecule has 1 rings (SSSR count). The van der Waals surface area contributed by atoms with Gasteiger partial charge in [-0.25, -0.2) is 4.79 Å². The van der Waals surface area contributed by atoms with Crippen LogP contribution in [0.2, 0.25) is 0 Å². The molecule has 6 heteroatoms. The van der Waals surface area contributed by atoms with Crippen LogP contribution in [0.15, 0.2) is 18.2 Å². The van der Waals surface area contributed by atoms with E-state index in [-0.39, 0.29) is 24.2 Å². The summed E-state index contributed by atoms with van der Waals surface area (Å²) >= 11 is 0. The molecule has 23 heavy (non-hydrogen) atoms. The summed E-state index contributed by atoms with van der Waals surface area (Å²) in [6.07, 6.45) is 0.502. The molecule has 1 aromatic carbocycles. The van der Waals surface area contributed by atoms with Gasteiger partial charge in [0.25, 0.3) is 5.91 Å². The Labute approximate surface area is 143 Å². The topological polar surface area (TPSA) is 81.4 Å². The highest BCUT2D eigenvalue weighted by atomic mass is 35.5. The van der Waals surface area contributed by atoms with Gasteiger partial charge in [0.05, 0.1) is 12.7 Å². The van der Waals surface area contributed by atoms with E-state index in [1.54, 1.807) is 25.1 Å². The van der Waals surface area contributed by atoms with Crippen LogP contribution in [0.25, 0.3) is 0 Å². The molecule has 5 nitrogen and oxygen atoms in total. The number of benzene rings is 1. The number of carbonyl (C=O) groups is 2. The number of ether oxygens (including phenoxy) is 1. The number of halogens is 1. The van der Waals surface area contributed by atoms with Crippen LogP contribution in [0.4, 0.5) is 5.69 Å². The zero-order chi connectivity index (χ0) is 16.7. The van der Waals surface area contributed by atoms with Gasteiger partial charge in [0.1, 0.15) is 6.04 Å². The SMILES string of the molecule is CC#Cc1cc(N)ccc1C(=O)NC(CC(C)C)C(=O)OC.Cl. The molecule has 1 unspecified atom stereocenters. The molecule has 0 fully saturated rings. The van der Waals surface area contributed by atoms with Gasteiger partial charge in [0.2, 0.25) is 0 Å². The van der Waals surface area contributed by atoms with Crippen molar-refractivity contribution in [2.75, 3.05) is 12.8 Å². The Morgan fingerprint density at radius 3 is 2.52 bits per heavy atom. The number of nitrogen functional groups attached to an aromatic ring is 1. The molecule has 0 spiro atoms. The first-order valence-electron chi connectivity index (χ1n) is 7.10. The molecule has 0 aromatic heterocycles. The van der Waals surface area contributed by atoms with Crippen molar-refractivity contribution in [3.8, 4) is 11.8 Å². The number of rotatable bonds is 5. The van der Waals surface area contributed by atoms with Crippen LogP contribution in [0.3, 0.4) is 0 Å². The van der Waals surface area contributed by atoms with Crippen LogP contribution in [0.5, 0.6) is 0 Å². The Morgan fingerprint density at radius 2 is 2.00 bits per heavy atom. The van der Waals surface area contributed by atoms with Crippen molar-refractivity contribution < 1.29 is 14.3 Å². The number of esters is 1. The highest BCUT2D eigenvalue weighted by Gasteiger charge is 2.24. The summed E-state index contributed by atoms with van der Waals surface area (Å²) in [7, 11) is 1.30. The number of hydrogen-bond acceptors (Lipinski definition) is 4. The van der Waals surface area contributed by atoms with Gasteiger partial charge in [-0.1, -0.05) is 19.8 Å². The van der Waals surface area contributed by atoms with Gasteiger partial charge in [-0.05, 0) is 37.5 Å². The second kappa shape index (κ2) is 9.75. The highest BCUT2D eigenvalue weighted by molar-refractivity contribution is 5.99. The summed E-state index contributed by atoms with van der Waals surface area (Å²) in [4.78, 5) is 24.2. The Morgan fingerprint density at radius 1 is 1.35 bits per heavy atom. The van der Waals surface area contributed by atoms with Crippen LogP contribution in [-0.4, -0.2) is 25.0 Å².